The lowest BCUT2D eigenvalue weighted by Crippen LogP contribution is -2.40. The van der Waals surface area contributed by atoms with Crippen LogP contribution in [0.4, 0.5) is 10.2 Å². The Morgan fingerprint density at radius 3 is 2.65 bits per heavy atom. The maximum Gasteiger partial charge on any atom is 0.272 e. The molecule has 188 valence electrons. The fourth-order valence-electron chi connectivity index (χ4n) is 4.09. The highest BCUT2D eigenvalue weighted by molar-refractivity contribution is 6.34. The van der Waals surface area contributed by atoms with Crippen molar-refractivity contribution in [1.82, 2.24) is 20.1 Å². The largest absolute Gasteiger partial charge is 0.379 e. The van der Waals surface area contributed by atoms with Gasteiger partial charge in [-0.3, -0.25) is 14.6 Å². The Morgan fingerprint density at radius 2 is 1.89 bits per heavy atom. The van der Waals surface area contributed by atoms with Crippen LogP contribution in [0.1, 0.15) is 33.7 Å². The van der Waals surface area contributed by atoms with Gasteiger partial charge in [0.1, 0.15) is 17.3 Å². The van der Waals surface area contributed by atoms with Gasteiger partial charge in [-0.05, 0) is 49.2 Å². The molecule has 1 fully saturated rings. The summed E-state index contributed by atoms with van der Waals surface area (Å²) in [5.41, 5.74) is 1.41. The molecule has 1 unspecified atom stereocenters. The Kier molecular flexibility index (Phi) is 7.25. The smallest absolute Gasteiger partial charge is 0.272 e. The number of halogens is 2. The number of benzene rings is 2. The van der Waals surface area contributed by atoms with Gasteiger partial charge >= 0.3 is 0 Å². The molecular formula is C27H23ClFN5O3. The zero-order chi connectivity index (χ0) is 25.8. The summed E-state index contributed by atoms with van der Waals surface area (Å²) >= 11 is 6.33. The Balaban J connectivity index is 1.45. The van der Waals surface area contributed by atoms with Crippen molar-refractivity contribution in [1.29, 1.82) is 0 Å². The number of carbonyl (C=O) groups excluding carboxylic acids is 2. The van der Waals surface area contributed by atoms with Crippen molar-refractivity contribution in [3.8, 4) is 16.9 Å². The molecule has 2 N–H and O–H groups in total. The SMILES string of the molecule is O=C(NC1CCCOC1)c1cc(NC(=O)c2cc(-c3ncccc3F)ccc2Cl)n(-c2ccccc2)n1. The third-order valence-electron chi connectivity index (χ3n) is 5.92. The minimum Gasteiger partial charge on any atom is -0.379 e. The lowest BCUT2D eigenvalue weighted by atomic mass is 10.1. The molecular weight excluding hydrogens is 497 g/mol. The highest BCUT2D eigenvalue weighted by Crippen LogP contribution is 2.27. The second-order valence-electron chi connectivity index (χ2n) is 8.53. The Morgan fingerprint density at radius 1 is 1.05 bits per heavy atom. The van der Waals surface area contributed by atoms with Gasteiger partial charge in [0.05, 0.1) is 28.9 Å². The molecule has 2 amide bonds. The van der Waals surface area contributed by atoms with Gasteiger partial charge in [-0.2, -0.15) is 5.10 Å². The fourth-order valence-corrected chi connectivity index (χ4v) is 4.29. The highest BCUT2D eigenvalue weighted by Gasteiger charge is 2.22. The highest BCUT2D eigenvalue weighted by atomic mass is 35.5. The maximum absolute atomic E-state index is 14.3. The van der Waals surface area contributed by atoms with E-state index in [0.717, 1.165) is 12.8 Å². The van der Waals surface area contributed by atoms with Crippen molar-refractivity contribution in [3.63, 3.8) is 0 Å². The molecule has 0 saturated carbocycles. The van der Waals surface area contributed by atoms with Crippen molar-refractivity contribution in [2.45, 2.75) is 18.9 Å². The van der Waals surface area contributed by atoms with E-state index in [1.54, 1.807) is 18.2 Å². The zero-order valence-electron chi connectivity index (χ0n) is 19.7. The van der Waals surface area contributed by atoms with Crippen LogP contribution in [0.25, 0.3) is 16.9 Å². The summed E-state index contributed by atoms with van der Waals surface area (Å²) in [7, 11) is 0. The van der Waals surface area contributed by atoms with Gasteiger partial charge in [0.25, 0.3) is 11.8 Å². The molecule has 5 rings (SSSR count). The zero-order valence-corrected chi connectivity index (χ0v) is 20.4. The number of amides is 2. The molecule has 3 heterocycles. The summed E-state index contributed by atoms with van der Waals surface area (Å²) in [4.78, 5) is 30.3. The Hall–Kier alpha value is -4.08. The monoisotopic (exact) mass is 519 g/mol. The first-order chi connectivity index (χ1) is 18.0. The average Bonchev–Trinajstić information content (AvgIpc) is 3.34. The number of anilines is 1. The molecule has 10 heteroatoms. The second kappa shape index (κ2) is 10.9. The summed E-state index contributed by atoms with van der Waals surface area (Å²) < 4.78 is 21.2. The predicted octanol–water partition coefficient (Wildman–Crippen LogP) is 4.89. The standard InChI is InChI=1S/C27H23ClFN5O3/c28-21-11-10-17(25-22(29)9-4-12-30-25)14-20(21)26(35)32-24-15-23(27(36)31-18-6-5-13-37-16-18)33-34(24)19-7-2-1-3-8-19/h1-4,7-12,14-15,18H,5-6,13,16H2,(H,31,36)(H,32,35). The van der Waals surface area contributed by atoms with Crippen LogP contribution < -0.4 is 10.6 Å². The number of aromatic nitrogens is 3. The van der Waals surface area contributed by atoms with Gasteiger partial charge in [0, 0.05) is 24.4 Å². The van der Waals surface area contributed by atoms with Crippen LogP contribution in [-0.2, 0) is 4.74 Å². The van der Waals surface area contributed by atoms with Crippen molar-refractivity contribution >= 4 is 29.2 Å². The van der Waals surface area contributed by atoms with Crippen LogP contribution in [0.15, 0.2) is 72.9 Å². The van der Waals surface area contributed by atoms with Gasteiger partial charge in [-0.25, -0.2) is 9.07 Å². The van der Waals surface area contributed by atoms with Gasteiger partial charge in [-0.15, -0.1) is 0 Å². The van der Waals surface area contributed by atoms with Crippen molar-refractivity contribution in [3.05, 3.63) is 95.0 Å². The Labute approximate surface area is 217 Å². The van der Waals surface area contributed by atoms with Crippen LogP contribution in [0.2, 0.25) is 5.02 Å². The van der Waals surface area contributed by atoms with Gasteiger partial charge < -0.3 is 15.4 Å². The van der Waals surface area contributed by atoms with Crippen molar-refractivity contribution < 1.29 is 18.7 Å². The van der Waals surface area contributed by atoms with Crippen LogP contribution in [0, 0.1) is 5.82 Å². The molecule has 1 saturated heterocycles. The maximum atomic E-state index is 14.3. The van der Waals surface area contributed by atoms with Crippen molar-refractivity contribution in [2.75, 3.05) is 18.5 Å². The number of hydrogen-bond donors (Lipinski definition) is 2. The topological polar surface area (TPSA) is 98.1 Å². The number of nitrogens with one attached hydrogen (secondary N) is 2. The van der Waals surface area contributed by atoms with E-state index in [-0.39, 0.29) is 39.7 Å². The Bertz CT molecular complexity index is 1440. The van der Waals surface area contributed by atoms with E-state index in [2.05, 4.69) is 20.7 Å². The molecule has 0 aliphatic carbocycles. The summed E-state index contributed by atoms with van der Waals surface area (Å²) in [6.45, 7) is 1.13. The molecule has 1 atom stereocenters. The summed E-state index contributed by atoms with van der Waals surface area (Å²) in [5, 5.41) is 10.4. The van der Waals surface area contributed by atoms with Crippen LogP contribution in [0.3, 0.4) is 0 Å². The van der Waals surface area contributed by atoms with Crippen LogP contribution in [-0.4, -0.2) is 45.8 Å². The minimum absolute atomic E-state index is 0.102. The summed E-state index contributed by atoms with van der Waals surface area (Å²) in [6, 6.07) is 17.9. The van der Waals surface area contributed by atoms with E-state index in [1.807, 2.05) is 18.2 Å². The number of carbonyl (C=O) groups is 2. The molecule has 2 aromatic heterocycles. The molecule has 0 bridgehead atoms. The van der Waals surface area contributed by atoms with E-state index in [0.29, 0.717) is 24.5 Å². The van der Waals surface area contributed by atoms with Gasteiger partial charge in [0.2, 0.25) is 0 Å². The second-order valence-corrected chi connectivity index (χ2v) is 8.94. The molecule has 8 nitrogen and oxygen atoms in total. The molecule has 1 aliphatic heterocycles. The third-order valence-corrected chi connectivity index (χ3v) is 6.25. The van der Waals surface area contributed by atoms with Gasteiger partial charge in [0.15, 0.2) is 5.69 Å². The number of pyridine rings is 1. The molecule has 4 aromatic rings. The molecule has 2 aromatic carbocycles. The normalized spacial score (nSPS) is 15.2. The summed E-state index contributed by atoms with van der Waals surface area (Å²) in [6.07, 6.45) is 3.16. The van der Waals surface area contributed by atoms with E-state index in [9.17, 15) is 14.0 Å². The molecule has 37 heavy (non-hydrogen) atoms. The summed E-state index contributed by atoms with van der Waals surface area (Å²) in [5.74, 6) is -1.16. The number of hydrogen-bond acceptors (Lipinski definition) is 5. The minimum atomic E-state index is -0.548. The van der Waals surface area contributed by atoms with E-state index >= 15 is 0 Å². The first-order valence-electron chi connectivity index (χ1n) is 11.8. The molecule has 0 radical (unpaired) electrons. The van der Waals surface area contributed by atoms with E-state index in [4.69, 9.17) is 16.3 Å². The number of nitrogens with zero attached hydrogens (tertiary/aromatic N) is 3. The molecule has 0 spiro atoms. The van der Waals surface area contributed by atoms with Crippen molar-refractivity contribution in [2.24, 2.45) is 0 Å². The number of rotatable bonds is 6. The predicted molar refractivity (Wildman–Crippen MR) is 137 cm³/mol. The third kappa shape index (κ3) is 5.52. The van der Waals surface area contributed by atoms with Crippen LogP contribution >= 0.6 is 11.6 Å². The first-order valence-corrected chi connectivity index (χ1v) is 12.1. The van der Waals surface area contributed by atoms with E-state index in [1.165, 1.54) is 41.2 Å². The lowest BCUT2D eigenvalue weighted by molar-refractivity contribution is 0.0621. The fraction of sp³-hybridized carbons (Fsp3) is 0.185. The van der Waals surface area contributed by atoms with E-state index < -0.39 is 11.7 Å². The number of ether oxygens (including phenoxy) is 1. The quantitative estimate of drug-likeness (QED) is 0.378. The van der Waals surface area contributed by atoms with Gasteiger partial charge in [-0.1, -0.05) is 35.9 Å². The lowest BCUT2D eigenvalue weighted by Gasteiger charge is -2.22. The first kappa shape index (κ1) is 24.6. The molecule has 1 aliphatic rings. The number of para-hydroxylation sites is 1. The average molecular weight is 520 g/mol. The van der Waals surface area contributed by atoms with Crippen LogP contribution in [0.5, 0.6) is 0 Å².